The van der Waals surface area contributed by atoms with E-state index in [1.165, 1.54) is 19.2 Å². The fourth-order valence-electron chi connectivity index (χ4n) is 3.98. The Morgan fingerprint density at radius 3 is 2.61 bits per heavy atom. The second kappa shape index (κ2) is 8.07. The predicted molar refractivity (Wildman–Crippen MR) is 102 cm³/mol. The first kappa shape index (κ1) is 20.6. The fourth-order valence-corrected chi connectivity index (χ4v) is 4.13. The number of benzene rings is 1. The average molecular weight is 411 g/mol. The van der Waals surface area contributed by atoms with E-state index in [0.717, 1.165) is 5.56 Å². The maximum Gasteiger partial charge on any atom is 0.233 e. The van der Waals surface area contributed by atoms with Crippen LogP contribution >= 0.6 is 11.6 Å². The molecule has 1 N–H and O–H groups in total. The van der Waals surface area contributed by atoms with Crippen LogP contribution in [-0.4, -0.2) is 42.8 Å². The molecule has 0 unspecified atom stereocenters. The van der Waals surface area contributed by atoms with Crippen LogP contribution in [-0.2, 0) is 14.4 Å². The Hall–Kier alpha value is -2.15. The number of imide groups is 1. The standard InChI is InChI=1S/C20H24ClFN2O4/c1-20(11-17(25)23-19(20)27)6-3-18(26)24-7-4-12(5-8-24)13-9-15(22)14(21)10-16(13)28-2/h9-10,12H,3-8,11H2,1-2H3,(H,23,25,27)/t20-/m0/s1. The van der Waals surface area contributed by atoms with Gasteiger partial charge in [-0.1, -0.05) is 18.5 Å². The molecule has 0 saturated carbocycles. The molecule has 2 aliphatic rings. The summed E-state index contributed by atoms with van der Waals surface area (Å²) < 4.78 is 19.2. The van der Waals surface area contributed by atoms with Crippen molar-refractivity contribution in [3.63, 3.8) is 0 Å². The third-order valence-corrected chi connectivity index (χ3v) is 6.09. The number of likely N-dealkylation sites (tertiary alicyclic amines) is 1. The molecular formula is C20H24ClFN2O4. The highest BCUT2D eigenvalue weighted by Crippen LogP contribution is 2.37. The summed E-state index contributed by atoms with van der Waals surface area (Å²) >= 11 is 5.83. The molecule has 0 aromatic heterocycles. The van der Waals surface area contributed by atoms with Crippen molar-refractivity contribution in [2.75, 3.05) is 20.2 Å². The minimum Gasteiger partial charge on any atom is -0.496 e. The van der Waals surface area contributed by atoms with Crippen molar-refractivity contribution in [3.05, 3.63) is 28.5 Å². The van der Waals surface area contributed by atoms with Crippen molar-refractivity contribution in [2.24, 2.45) is 5.41 Å². The zero-order chi connectivity index (χ0) is 20.5. The number of hydrogen-bond donors (Lipinski definition) is 1. The molecule has 152 valence electrons. The molecule has 6 nitrogen and oxygen atoms in total. The van der Waals surface area contributed by atoms with E-state index in [1.54, 1.807) is 11.8 Å². The van der Waals surface area contributed by atoms with E-state index >= 15 is 0 Å². The lowest BCUT2D eigenvalue weighted by Crippen LogP contribution is -2.39. The summed E-state index contributed by atoms with van der Waals surface area (Å²) in [6.45, 7) is 2.82. The van der Waals surface area contributed by atoms with Crippen LogP contribution in [0.4, 0.5) is 4.39 Å². The molecule has 0 radical (unpaired) electrons. The number of piperidine rings is 1. The third kappa shape index (κ3) is 4.14. The van der Waals surface area contributed by atoms with Gasteiger partial charge in [0.2, 0.25) is 17.7 Å². The van der Waals surface area contributed by atoms with Crippen molar-refractivity contribution in [1.29, 1.82) is 0 Å². The Kier molecular flexibility index (Phi) is 5.93. The van der Waals surface area contributed by atoms with Gasteiger partial charge in [-0.2, -0.15) is 0 Å². The number of carbonyl (C=O) groups excluding carboxylic acids is 3. The van der Waals surface area contributed by atoms with Crippen molar-refractivity contribution < 1.29 is 23.5 Å². The molecule has 28 heavy (non-hydrogen) atoms. The number of amides is 3. The van der Waals surface area contributed by atoms with Crippen LogP contribution in [0.2, 0.25) is 5.02 Å². The summed E-state index contributed by atoms with van der Waals surface area (Å²) in [7, 11) is 1.52. The number of methoxy groups -OCH3 is 1. The maximum atomic E-state index is 13.9. The van der Waals surface area contributed by atoms with E-state index in [9.17, 15) is 18.8 Å². The Morgan fingerprint density at radius 2 is 2.04 bits per heavy atom. The van der Waals surface area contributed by atoms with Gasteiger partial charge in [0.1, 0.15) is 11.6 Å². The van der Waals surface area contributed by atoms with Gasteiger partial charge in [-0.25, -0.2) is 4.39 Å². The molecule has 1 aromatic rings. The third-order valence-electron chi connectivity index (χ3n) is 5.80. The van der Waals surface area contributed by atoms with Gasteiger partial charge < -0.3 is 9.64 Å². The van der Waals surface area contributed by atoms with Crippen LogP contribution in [0.3, 0.4) is 0 Å². The van der Waals surface area contributed by atoms with Crippen molar-refractivity contribution in [2.45, 2.75) is 44.9 Å². The highest BCUT2D eigenvalue weighted by molar-refractivity contribution is 6.30. The summed E-state index contributed by atoms with van der Waals surface area (Å²) in [6.07, 6.45) is 2.09. The van der Waals surface area contributed by atoms with Crippen LogP contribution in [0.15, 0.2) is 12.1 Å². The Balaban J connectivity index is 1.57. The first-order valence-electron chi connectivity index (χ1n) is 9.38. The van der Waals surface area contributed by atoms with Gasteiger partial charge in [0.25, 0.3) is 0 Å². The number of halogens is 2. The molecule has 2 fully saturated rings. The Morgan fingerprint density at radius 1 is 1.36 bits per heavy atom. The summed E-state index contributed by atoms with van der Waals surface area (Å²) in [5.41, 5.74) is -0.0376. The van der Waals surface area contributed by atoms with Gasteiger partial charge in [0.05, 0.1) is 17.5 Å². The van der Waals surface area contributed by atoms with E-state index < -0.39 is 11.2 Å². The summed E-state index contributed by atoms with van der Waals surface area (Å²) in [6, 6.07) is 2.90. The molecule has 2 aliphatic heterocycles. The number of carbonyl (C=O) groups is 3. The molecule has 0 spiro atoms. The predicted octanol–water partition coefficient (Wildman–Crippen LogP) is 3.03. The second-order valence-electron chi connectivity index (χ2n) is 7.78. The van der Waals surface area contributed by atoms with E-state index in [-0.39, 0.29) is 41.5 Å². The molecule has 2 heterocycles. The molecule has 0 bridgehead atoms. The largest absolute Gasteiger partial charge is 0.496 e. The van der Waals surface area contributed by atoms with Crippen molar-refractivity contribution in [3.8, 4) is 5.75 Å². The monoisotopic (exact) mass is 410 g/mol. The molecule has 1 aromatic carbocycles. The molecule has 0 aliphatic carbocycles. The van der Waals surface area contributed by atoms with Crippen molar-refractivity contribution >= 4 is 29.3 Å². The van der Waals surface area contributed by atoms with Gasteiger partial charge >= 0.3 is 0 Å². The first-order valence-corrected chi connectivity index (χ1v) is 9.76. The zero-order valence-corrected chi connectivity index (χ0v) is 16.8. The summed E-state index contributed by atoms with van der Waals surface area (Å²) in [5.74, 6) is -0.456. The first-order chi connectivity index (χ1) is 13.2. The Labute approximate surface area is 168 Å². The number of hydrogen-bond acceptors (Lipinski definition) is 4. The summed E-state index contributed by atoms with van der Waals surface area (Å²) in [5, 5.41) is 2.32. The molecule has 8 heteroatoms. The molecule has 1 atom stereocenters. The zero-order valence-electron chi connectivity index (χ0n) is 16.0. The van der Waals surface area contributed by atoms with Crippen LogP contribution in [0.1, 0.15) is 50.5 Å². The molecule has 2 saturated heterocycles. The van der Waals surface area contributed by atoms with Crippen LogP contribution in [0, 0.1) is 11.2 Å². The number of nitrogens with zero attached hydrogens (tertiary/aromatic N) is 1. The normalized spacial score (nSPS) is 23.1. The minimum atomic E-state index is -0.806. The van der Waals surface area contributed by atoms with Gasteiger partial charge in [-0.3, -0.25) is 19.7 Å². The smallest absolute Gasteiger partial charge is 0.233 e. The molecule has 3 amide bonds. The van der Waals surface area contributed by atoms with Gasteiger partial charge in [-0.05, 0) is 31.2 Å². The van der Waals surface area contributed by atoms with Gasteiger partial charge in [0.15, 0.2) is 0 Å². The van der Waals surface area contributed by atoms with E-state index in [2.05, 4.69) is 5.32 Å². The quantitative estimate of drug-likeness (QED) is 0.757. The lowest BCUT2D eigenvalue weighted by Gasteiger charge is -2.33. The van der Waals surface area contributed by atoms with Crippen molar-refractivity contribution in [1.82, 2.24) is 10.2 Å². The van der Waals surface area contributed by atoms with Gasteiger partial charge in [-0.15, -0.1) is 0 Å². The number of rotatable bonds is 5. The molecular weight excluding hydrogens is 387 g/mol. The second-order valence-corrected chi connectivity index (χ2v) is 8.19. The SMILES string of the molecule is COc1cc(Cl)c(F)cc1C1CCN(C(=O)CC[C@@]2(C)CC(=O)NC2=O)CC1. The van der Waals surface area contributed by atoms with Crippen LogP contribution in [0.5, 0.6) is 5.75 Å². The lowest BCUT2D eigenvalue weighted by atomic mass is 9.83. The fraction of sp³-hybridized carbons (Fsp3) is 0.550. The average Bonchev–Trinajstić information content (AvgIpc) is 2.93. The van der Waals surface area contributed by atoms with Crippen LogP contribution < -0.4 is 10.1 Å². The lowest BCUT2D eigenvalue weighted by molar-refractivity contribution is -0.133. The maximum absolute atomic E-state index is 13.9. The van der Waals surface area contributed by atoms with Gasteiger partial charge in [0, 0.05) is 37.6 Å². The highest BCUT2D eigenvalue weighted by atomic mass is 35.5. The van der Waals surface area contributed by atoms with E-state index in [0.29, 0.717) is 38.1 Å². The number of ether oxygens (including phenoxy) is 1. The summed E-state index contributed by atoms with van der Waals surface area (Å²) in [4.78, 5) is 37.6. The van der Waals surface area contributed by atoms with Crippen LogP contribution in [0.25, 0.3) is 0 Å². The number of nitrogens with one attached hydrogen (secondary N) is 1. The minimum absolute atomic E-state index is 0.0242. The Bertz CT molecular complexity index is 808. The van der Waals surface area contributed by atoms with E-state index in [1.807, 2.05) is 0 Å². The topological polar surface area (TPSA) is 75.7 Å². The van der Waals surface area contributed by atoms with E-state index in [4.69, 9.17) is 16.3 Å². The molecule has 3 rings (SSSR count). The highest BCUT2D eigenvalue weighted by Gasteiger charge is 2.42.